The van der Waals surface area contributed by atoms with Gasteiger partial charge in [0.05, 0.1) is 19.0 Å². The number of para-hydroxylation sites is 1. The third kappa shape index (κ3) is 4.66. The Hall–Kier alpha value is -3.87. The summed E-state index contributed by atoms with van der Waals surface area (Å²) in [5, 5.41) is 4.27. The number of ether oxygens (including phenoxy) is 2. The number of benzene rings is 2. The summed E-state index contributed by atoms with van der Waals surface area (Å²) < 4.78 is 12.0. The van der Waals surface area contributed by atoms with E-state index in [1.165, 1.54) is 22.9 Å². The SMILES string of the molecule is COc1cn(-c2ccccc2)nc1C(=O)OCC(=O)N1CC=C(c2ccccc2)CC1. The summed E-state index contributed by atoms with van der Waals surface area (Å²) in [7, 11) is 1.46. The molecule has 7 heteroatoms. The maximum Gasteiger partial charge on any atom is 0.363 e. The molecule has 1 aliphatic heterocycles. The van der Waals surface area contributed by atoms with E-state index in [9.17, 15) is 9.59 Å². The molecule has 1 aromatic heterocycles. The molecule has 4 rings (SSSR count). The van der Waals surface area contributed by atoms with Gasteiger partial charge in [0, 0.05) is 13.1 Å². The minimum Gasteiger partial charge on any atom is -0.493 e. The van der Waals surface area contributed by atoms with Crippen LogP contribution >= 0.6 is 0 Å². The van der Waals surface area contributed by atoms with Gasteiger partial charge in [0.25, 0.3) is 5.91 Å². The quantitative estimate of drug-likeness (QED) is 0.575. The molecule has 0 saturated heterocycles. The minimum absolute atomic E-state index is 0.0315. The zero-order valence-electron chi connectivity index (χ0n) is 17.2. The summed E-state index contributed by atoms with van der Waals surface area (Å²) in [6.45, 7) is 0.740. The van der Waals surface area contributed by atoms with Gasteiger partial charge in [-0.2, -0.15) is 5.10 Å². The maximum atomic E-state index is 12.5. The average molecular weight is 417 g/mol. The van der Waals surface area contributed by atoms with Crippen LogP contribution in [0.3, 0.4) is 0 Å². The molecule has 1 amide bonds. The van der Waals surface area contributed by atoms with E-state index < -0.39 is 5.97 Å². The number of rotatable bonds is 6. The van der Waals surface area contributed by atoms with Crippen molar-refractivity contribution in [3.63, 3.8) is 0 Å². The lowest BCUT2D eigenvalue weighted by atomic mass is 10.00. The Balaban J connectivity index is 1.36. The minimum atomic E-state index is -0.697. The number of esters is 1. The standard InChI is InChI=1S/C24H23N3O4/c1-30-21-16-27(20-10-6-3-7-11-20)25-23(21)24(29)31-17-22(28)26-14-12-19(13-15-26)18-8-4-2-5-9-18/h2-12,16H,13-15,17H2,1H3. The first-order chi connectivity index (χ1) is 15.2. The van der Waals surface area contributed by atoms with Crippen molar-refractivity contribution in [1.29, 1.82) is 0 Å². The van der Waals surface area contributed by atoms with Crippen LogP contribution in [0.25, 0.3) is 11.3 Å². The summed E-state index contributed by atoms with van der Waals surface area (Å²) in [4.78, 5) is 26.7. The van der Waals surface area contributed by atoms with Crippen LogP contribution in [0.15, 0.2) is 72.9 Å². The van der Waals surface area contributed by atoms with E-state index in [1.54, 1.807) is 11.1 Å². The van der Waals surface area contributed by atoms with E-state index >= 15 is 0 Å². The molecule has 0 radical (unpaired) electrons. The summed E-state index contributed by atoms with van der Waals surface area (Å²) >= 11 is 0. The van der Waals surface area contributed by atoms with E-state index in [2.05, 4.69) is 17.2 Å². The van der Waals surface area contributed by atoms with Crippen molar-refractivity contribution in [1.82, 2.24) is 14.7 Å². The highest BCUT2D eigenvalue weighted by molar-refractivity contribution is 5.92. The van der Waals surface area contributed by atoms with Gasteiger partial charge in [0.1, 0.15) is 0 Å². The zero-order chi connectivity index (χ0) is 21.6. The first-order valence-corrected chi connectivity index (χ1v) is 10.0. The molecule has 0 saturated carbocycles. The Morgan fingerprint density at radius 3 is 2.39 bits per heavy atom. The second kappa shape index (κ2) is 9.30. The Bertz CT molecular complexity index is 1090. The lowest BCUT2D eigenvalue weighted by molar-refractivity contribution is -0.134. The van der Waals surface area contributed by atoms with Crippen molar-refractivity contribution in [2.45, 2.75) is 6.42 Å². The molecule has 158 valence electrons. The van der Waals surface area contributed by atoms with Crippen molar-refractivity contribution in [2.24, 2.45) is 0 Å². The largest absolute Gasteiger partial charge is 0.493 e. The summed E-state index contributed by atoms with van der Waals surface area (Å²) in [6, 6.07) is 19.5. The molecule has 2 heterocycles. The highest BCUT2D eigenvalue weighted by Gasteiger charge is 2.23. The third-order valence-electron chi connectivity index (χ3n) is 5.15. The second-order valence-corrected chi connectivity index (χ2v) is 7.09. The van der Waals surface area contributed by atoms with Gasteiger partial charge in [0.2, 0.25) is 5.69 Å². The number of hydrogen-bond acceptors (Lipinski definition) is 5. The molecule has 0 unspecified atom stereocenters. The predicted octanol–water partition coefficient (Wildman–Crippen LogP) is 3.35. The summed E-state index contributed by atoms with van der Waals surface area (Å²) in [5.74, 6) is -0.648. The third-order valence-corrected chi connectivity index (χ3v) is 5.15. The predicted molar refractivity (Wildman–Crippen MR) is 116 cm³/mol. The number of nitrogens with zero attached hydrogens (tertiary/aromatic N) is 3. The van der Waals surface area contributed by atoms with Gasteiger partial charge < -0.3 is 14.4 Å². The number of hydrogen-bond donors (Lipinski definition) is 0. The first-order valence-electron chi connectivity index (χ1n) is 10.0. The smallest absolute Gasteiger partial charge is 0.363 e. The Morgan fingerprint density at radius 2 is 1.74 bits per heavy atom. The van der Waals surface area contributed by atoms with E-state index in [0.717, 1.165) is 12.1 Å². The van der Waals surface area contributed by atoms with Crippen molar-refractivity contribution in [2.75, 3.05) is 26.8 Å². The molecular weight excluding hydrogens is 394 g/mol. The normalized spacial score (nSPS) is 13.5. The summed E-state index contributed by atoms with van der Waals surface area (Å²) in [5.41, 5.74) is 3.20. The molecule has 0 spiro atoms. The Labute approximate surface area is 180 Å². The molecule has 0 bridgehead atoms. The molecule has 3 aromatic rings. The van der Waals surface area contributed by atoms with E-state index in [1.807, 2.05) is 54.6 Å². The lowest BCUT2D eigenvalue weighted by Crippen LogP contribution is -2.37. The van der Waals surface area contributed by atoms with Crippen molar-refractivity contribution in [3.8, 4) is 11.4 Å². The number of amides is 1. The van der Waals surface area contributed by atoms with E-state index in [0.29, 0.717) is 13.1 Å². The van der Waals surface area contributed by atoms with E-state index in [4.69, 9.17) is 9.47 Å². The fourth-order valence-corrected chi connectivity index (χ4v) is 3.46. The summed E-state index contributed by atoms with van der Waals surface area (Å²) in [6.07, 6.45) is 4.41. The van der Waals surface area contributed by atoms with Crippen LogP contribution in [0.4, 0.5) is 0 Å². The zero-order valence-corrected chi connectivity index (χ0v) is 17.2. The molecule has 0 fully saturated rings. The van der Waals surface area contributed by atoms with Crippen molar-refractivity contribution < 1.29 is 19.1 Å². The molecule has 31 heavy (non-hydrogen) atoms. The molecule has 0 atom stereocenters. The molecular formula is C24H23N3O4. The maximum absolute atomic E-state index is 12.5. The average Bonchev–Trinajstić information content (AvgIpc) is 3.28. The molecule has 7 nitrogen and oxygen atoms in total. The van der Waals surface area contributed by atoms with Gasteiger partial charge in [-0.05, 0) is 29.7 Å². The fourth-order valence-electron chi connectivity index (χ4n) is 3.46. The van der Waals surface area contributed by atoms with Crippen LogP contribution in [-0.4, -0.2) is 53.4 Å². The van der Waals surface area contributed by atoms with Gasteiger partial charge in [-0.25, -0.2) is 9.48 Å². The van der Waals surface area contributed by atoms with Crippen LogP contribution in [0.1, 0.15) is 22.5 Å². The number of carbonyl (C=O) groups excluding carboxylic acids is 2. The van der Waals surface area contributed by atoms with Crippen LogP contribution < -0.4 is 4.74 Å². The Kier molecular flexibility index (Phi) is 6.12. The molecule has 2 aromatic carbocycles. The monoisotopic (exact) mass is 417 g/mol. The van der Waals surface area contributed by atoms with Crippen molar-refractivity contribution >= 4 is 17.4 Å². The van der Waals surface area contributed by atoms with Gasteiger partial charge in [-0.1, -0.05) is 54.6 Å². The van der Waals surface area contributed by atoms with Crippen molar-refractivity contribution in [3.05, 3.63) is 84.2 Å². The molecule has 0 N–H and O–H groups in total. The second-order valence-electron chi connectivity index (χ2n) is 7.09. The highest BCUT2D eigenvalue weighted by Crippen LogP contribution is 2.23. The highest BCUT2D eigenvalue weighted by atomic mass is 16.5. The van der Waals surface area contributed by atoms with Gasteiger partial charge in [-0.15, -0.1) is 0 Å². The van der Waals surface area contributed by atoms with Crippen LogP contribution in [0.2, 0.25) is 0 Å². The van der Waals surface area contributed by atoms with Crippen LogP contribution in [0, 0.1) is 0 Å². The fraction of sp³-hybridized carbons (Fsp3) is 0.208. The number of carbonyl (C=O) groups is 2. The Morgan fingerprint density at radius 1 is 1.03 bits per heavy atom. The van der Waals surface area contributed by atoms with Gasteiger partial charge in [-0.3, -0.25) is 4.79 Å². The molecule has 1 aliphatic rings. The molecule has 0 aliphatic carbocycles. The van der Waals surface area contributed by atoms with Crippen LogP contribution in [-0.2, 0) is 9.53 Å². The number of aromatic nitrogens is 2. The number of methoxy groups -OCH3 is 1. The van der Waals surface area contributed by atoms with Gasteiger partial charge in [0.15, 0.2) is 12.4 Å². The lowest BCUT2D eigenvalue weighted by Gasteiger charge is -2.26. The topological polar surface area (TPSA) is 73.7 Å². The first kappa shape index (κ1) is 20.4. The van der Waals surface area contributed by atoms with Crippen LogP contribution in [0.5, 0.6) is 5.75 Å². The van der Waals surface area contributed by atoms with Gasteiger partial charge >= 0.3 is 5.97 Å². The van der Waals surface area contributed by atoms with E-state index in [-0.39, 0.29) is 24.0 Å².